The third-order valence-electron chi connectivity index (χ3n) is 11.3. The van der Waals surface area contributed by atoms with Gasteiger partial charge < -0.3 is 34.1 Å². The van der Waals surface area contributed by atoms with Crippen molar-refractivity contribution in [2.45, 2.75) is 33.7 Å². The van der Waals surface area contributed by atoms with Crippen LogP contribution in [0.3, 0.4) is 0 Å². The van der Waals surface area contributed by atoms with Crippen LogP contribution in [-0.4, -0.2) is 123 Å². The lowest BCUT2D eigenvalue weighted by Gasteiger charge is -2.33. The molecular weight excluding hydrogens is 668 g/mol. The number of carbonyl (C=O) groups is 2. The summed E-state index contributed by atoms with van der Waals surface area (Å²) in [7, 11) is 0. The normalized spacial score (nSPS) is 17.1. The molecule has 2 fully saturated rings. The average molecular weight is 721 g/mol. The number of hydrogen-bond donors (Lipinski definition) is 1. The van der Waals surface area contributed by atoms with Crippen LogP contribution in [-0.2, 0) is 16.0 Å². The summed E-state index contributed by atoms with van der Waals surface area (Å²) >= 11 is 0. The van der Waals surface area contributed by atoms with Crippen molar-refractivity contribution in [1.29, 1.82) is 0 Å². The number of morpholine rings is 2. The van der Waals surface area contributed by atoms with E-state index in [1.807, 2.05) is 42.5 Å². The Morgan fingerprint density at radius 1 is 0.811 bits per heavy atom. The number of hydrogen-bond acceptors (Lipinski definition) is 9. The lowest BCUT2D eigenvalue weighted by Crippen LogP contribution is -2.45. The van der Waals surface area contributed by atoms with Crippen LogP contribution in [0.4, 0.5) is 5.69 Å². The van der Waals surface area contributed by atoms with Crippen molar-refractivity contribution in [1.82, 2.24) is 24.6 Å². The molecular formula is C42H52N6O5. The van der Waals surface area contributed by atoms with Gasteiger partial charge in [0.2, 0.25) is 0 Å². The van der Waals surface area contributed by atoms with Crippen molar-refractivity contribution in [3.8, 4) is 0 Å². The lowest BCUT2D eigenvalue weighted by atomic mass is 9.92. The summed E-state index contributed by atoms with van der Waals surface area (Å²) in [5.74, 6) is -0.453. The standard InChI is InChI=1S/C42H52N6O5/c1-5-44(19-20-48-41(50)35-12-7-10-33-37(46-23-27-53-28-24-46)14-13-36(39(33)35)42(48)51)17-8-15-43-16-18-47-30(3)29(2)38-32(9-6-11-34(38)40(47)49)31(4)45-21-25-52-26-22-45/h6-7,9-14,43H,3,5,8,15-28H2,1-2,4H3/b32-31+. The van der Waals surface area contributed by atoms with Gasteiger partial charge in [-0.3, -0.25) is 19.3 Å². The molecule has 0 bridgehead atoms. The van der Waals surface area contributed by atoms with Gasteiger partial charge in [0.25, 0.3) is 17.4 Å². The summed E-state index contributed by atoms with van der Waals surface area (Å²) in [4.78, 5) is 49.5. The topological polar surface area (TPSA) is 99.6 Å². The first kappa shape index (κ1) is 36.8. The highest BCUT2D eigenvalue weighted by molar-refractivity contribution is 6.26. The van der Waals surface area contributed by atoms with E-state index in [2.05, 4.69) is 53.4 Å². The minimum absolute atomic E-state index is 0.00982. The third-order valence-corrected chi connectivity index (χ3v) is 11.3. The Bertz CT molecular complexity index is 2160. The SMILES string of the molecule is C=c1c(C)c2/c(=C(\C)N3CCOCC3)cccc2c(=O)n1CCNCCCN(CC)CCN1C(=O)c2cccc3c(N4CCOCC4)ccc(c23)C1=O. The van der Waals surface area contributed by atoms with Gasteiger partial charge in [0.15, 0.2) is 0 Å². The number of likely N-dealkylation sites (N-methyl/N-ethyl adjacent to an activating group) is 1. The summed E-state index contributed by atoms with van der Waals surface area (Å²) in [6.07, 6.45) is 0.894. The summed E-state index contributed by atoms with van der Waals surface area (Å²) < 4.78 is 12.9. The van der Waals surface area contributed by atoms with Crippen molar-refractivity contribution >= 4 is 51.3 Å². The Hall–Kier alpha value is -4.55. The van der Waals surface area contributed by atoms with Crippen LogP contribution in [0.2, 0.25) is 0 Å². The van der Waals surface area contributed by atoms with Gasteiger partial charge in [0, 0.05) is 107 Å². The smallest absolute Gasteiger partial charge is 0.261 e. The number of carbonyl (C=O) groups excluding carboxylic acids is 2. The van der Waals surface area contributed by atoms with Crippen LogP contribution in [0.25, 0.3) is 33.8 Å². The zero-order valence-corrected chi connectivity index (χ0v) is 31.4. The Labute approximate surface area is 311 Å². The fraction of sp³-hybridized carbons (Fsp3) is 0.452. The minimum atomic E-state index is -0.226. The van der Waals surface area contributed by atoms with E-state index in [4.69, 9.17) is 9.47 Å². The number of pyridine rings is 1. The number of ether oxygens (including phenoxy) is 2. The molecule has 0 atom stereocenters. The Morgan fingerprint density at radius 3 is 2.23 bits per heavy atom. The maximum atomic E-state index is 13.7. The first-order chi connectivity index (χ1) is 25.8. The van der Waals surface area contributed by atoms with Gasteiger partial charge in [-0.25, -0.2) is 0 Å². The van der Waals surface area contributed by atoms with E-state index in [1.165, 1.54) is 4.90 Å². The zero-order chi connectivity index (χ0) is 37.1. The molecule has 53 heavy (non-hydrogen) atoms. The molecule has 11 heteroatoms. The molecule has 0 radical (unpaired) electrons. The molecule has 0 saturated carbocycles. The number of fused-ring (bicyclic) bond motifs is 1. The molecule has 0 aliphatic carbocycles. The Kier molecular flexibility index (Phi) is 11.3. The molecule has 7 rings (SSSR count). The molecule has 2 saturated heterocycles. The van der Waals surface area contributed by atoms with Crippen LogP contribution in [0.5, 0.6) is 0 Å². The van der Waals surface area contributed by atoms with E-state index >= 15 is 0 Å². The van der Waals surface area contributed by atoms with E-state index in [0.717, 1.165) is 101 Å². The fourth-order valence-electron chi connectivity index (χ4n) is 8.18. The number of aromatic nitrogens is 1. The number of nitrogens with one attached hydrogen (secondary N) is 1. The highest BCUT2D eigenvalue weighted by Gasteiger charge is 2.34. The molecule has 0 unspecified atom stereocenters. The second kappa shape index (κ2) is 16.2. The average Bonchev–Trinajstić information content (AvgIpc) is 3.20. The molecule has 1 aromatic heterocycles. The Morgan fingerprint density at radius 2 is 1.49 bits per heavy atom. The monoisotopic (exact) mass is 720 g/mol. The van der Waals surface area contributed by atoms with E-state index in [1.54, 1.807) is 4.57 Å². The molecule has 3 aliphatic heterocycles. The van der Waals surface area contributed by atoms with Gasteiger partial charge in [0.05, 0.1) is 26.4 Å². The summed E-state index contributed by atoms with van der Waals surface area (Å²) in [5.41, 5.74) is 4.41. The first-order valence-corrected chi connectivity index (χ1v) is 19.1. The van der Waals surface area contributed by atoms with Crippen molar-refractivity contribution in [3.05, 3.63) is 86.1 Å². The highest BCUT2D eigenvalue weighted by atomic mass is 16.5. The van der Waals surface area contributed by atoms with E-state index in [9.17, 15) is 14.4 Å². The zero-order valence-electron chi connectivity index (χ0n) is 31.4. The molecule has 1 N–H and O–H groups in total. The number of nitrogens with zero attached hydrogens (tertiary/aromatic N) is 5. The molecule has 3 aromatic carbocycles. The molecule has 0 spiro atoms. The summed E-state index contributed by atoms with van der Waals surface area (Å²) in [6, 6.07) is 15.7. The maximum Gasteiger partial charge on any atom is 0.261 e. The minimum Gasteiger partial charge on any atom is -0.378 e. The van der Waals surface area contributed by atoms with Crippen molar-refractivity contribution in [2.24, 2.45) is 0 Å². The van der Waals surface area contributed by atoms with E-state index in [0.29, 0.717) is 63.7 Å². The van der Waals surface area contributed by atoms with Gasteiger partial charge in [-0.1, -0.05) is 37.8 Å². The van der Waals surface area contributed by atoms with Crippen molar-refractivity contribution in [2.75, 3.05) is 96.8 Å². The quantitative estimate of drug-likeness (QED) is 0.165. The molecule has 4 heterocycles. The van der Waals surface area contributed by atoms with Crippen LogP contribution >= 0.6 is 0 Å². The van der Waals surface area contributed by atoms with Gasteiger partial charge in [-0.05, 0) is 69.7 Å². The lowest BCUT2D eigenvalue weighted by molar-refractivity contribution is 0.0593. The molecule has 2 amide bonds. The summed E-state index contributed by atoms with van der Waals surface area (Å²) in [5, 5.41) is 8.77. The number of benzene rings is 3. The van der Waals surface area contributed by atoms with Crippen LogP contribution in [0.1, 0.15) is 46.5 Å². The molecule has 4 aromatic rings. The van der Waals surface area contributed by atoms with Crippen LogP contribution in [0.15, 0.2) is 53.3 Å². The maximum absolute atomic E-state index is 13.7. The van der Waals surface area contributed by atoms with Crippen molar-refractivity contribution in [3.63, 3.8) is 0 Å². The van der Waals surface area contributed by atoms with E-state index in [-0.39, 0.29) is 17.4 Å². The van der Waals surface area contributed by atoms with E-state index < -0.39 is 0 Å². The number of rotatable bonds is 13. The van der Waals surface area contributed by atoms with Gasteiger partial charge in [-0.15, -0.1) is 0 Å². The summed E-state index contributed by atoms with van der Waals surface area (Å²) in [6.45, 7) is 21.2. The second-order valence-electron chi connectivity index (χ2n) is 14.2. The highest BCUT2D eigenvalue weighted by Crippen LogP contribution is 2.36. The van der Waals surface area contributed by atoms with Gasteiger partial charge >= 0.3 is 0 Å². The third kappa shape index (κ3) is 7.23. The fourth-order valence-corrected chi connectivity index (χ4v) is 8.18. The number of imide groups is 1. The predicted octanol–water partition coefficient (Wildman–Crippen LogP) is 2.77. The van der Waals surface area contributed by atoms with Crippen molar-refractivity contribution < 1.29 is 19.1 Å². The van der Waals surface area contributed by atoms with Gasteiger partial charge in [-0.2, -0.15) is 0 Å². The number of amides is 2. The molecule has 11 nitrogen and oxygen atoms in total. The predicted molar refractivity (Wildman–Crippen MR) is 211 cm³/mol. The first-order valence-electron chi connectivity index (χ1n) is 19.1. The number of anilines is 1. The molecule has 280 valence electrons. The largest absolute Gasteiger partial charge is 0.378 e. The molecule has 3 aliphatic rings. The second-order valence-corrected chi connectivity index (χ2v) is 14.2. The van der Waals surface area contributed by atoms with Gasteiger partial charge in [0.1, 0.15) is 0 Å². The number of aryl methyl sites for hydroxylation is 1. The van der Waals surface area contributed by atoms with Crippen LogP contribution in [0, 0.1) is 6.92 Å². The van der Waals surface area contributed by atoms with Crippen LogP contribution < -0.4 is 26.3 Å². The Balaban J connectivity index is 0.938.